The van der Waals surface area contributed by atoms with Crippen molar-refractivity contribution in [3.05, 3.63) is 60.3 Å². The summed E-state index contributed by atoms with van der Waals surface area (Å²) in [6.45, 7) is -1.36. The van der Waals surface area contributed by atoms with Crippen molar-refractivity contribution >= 4 is 26.8 Å². The summed E-state index contributed by atoms with van der Waals surface area (Å²) < 4.78 is 68.5. The Morgan fingerprint density at radius 2 is 1.92 bits per heavy atom. The number of carbonyl (C=O) groups is 1. The maximum Gasteiger partial charge on any atom is 0.387 e. The number of rotatable bonds is 6. The van der Waals surface area contributed by atoms with Gasteiger partial charge in [0.15, 0.2) is 15.7 Å². The molecule has 0 radical (unpaired) electrons. The lowest BCUT2D eigenvalue weighted by atomic mass is 10.0. The lowest BCUT2D eigenvalue weighted by molar-refractivity contribution is -0.0498. The molecule has 1 amide bonds. The third-order valence-corrected chi connectivity index (χ3v) is 7.73. The molecule has 4 aromatic rings. The average Bonchev–Trinajstić information content (AvgIpc) is 3.35. The number of ether oxygens (including phenoxy) is 1. The zero-order valence-corrected chi connectivity index (χ0v) is 20.0. The van der Waals surface area contributed by atoms with E-state index in [2.05, 4.69) is 30.1 Å². The number of aromatic nitrogens is 5. The number of benzene rings is 1. The molecule has 1 N–H and O–H groups in total. The number of fused-ring (bicyclic) bond motifs is 1. The molecule has 5 rings (SSSR count). The van der Waals surface area contributed by atoms with Crippen LogP contribution < -0.4 is 10.1 Å². The number of sulfone groups is 1. The average molecular weight is 533 g/mol. The van der Waals surface area contributed by atoms with E-state index < -0.39 is 33.7 Å². The van der Waals surface area contributed by atoms with Gasteiger partial charge in [0.05, 0.1) is 40.5 Å². The Morgan fingerprint density at radius 1 is 1.16 bits per heavy atom. The third-order valence-electron chi connectivity index (χ3n) is 5.83. The van der Waals surface area contributed by atoms with Gasteiger partial charge in [-0.3, -0.25) is 9.78 Å². The van der Waals surface area contributed by atoms with Crippen molar-refractivity contribution in [1.29, 1.82) is 0 Å². The molecule has 1 aliphatic heterocycles. The molecule has 0 unspecified atom stereocenters. The van der Waals surface area contributed by atoms with Crippen molar-refractivity contribution in [2.24, 2.45) is 0 Å². The Hall–Kier alpha value is -4.07. The minimum absolute atomic E-state index is 0.0204. The Balaban J connectivity index is 1.59. The minimum Gasteiger partial charge on any atom is -0.435 e. The van der Waals surface area contributed by atoms with E-state index in [-0.39, 0.29) is 51.9 Å². The van der Waals surface area contributed by atoms with Gasteiger partial charge in [-0.05, 0) is 31.5 Å². The Morgan fingerprint density at radius 3 is 2.59 bits per heavy atom. The SMILES string of the molecule is C[C@]1(NC(=O)c2cnc3c(-c4cccc(OC(F)F)c4)nn(-c4ncc(F)cn4)c3c2)CCS(=O)(=O)C1. The van der Waals surface area contributed by atoms with E-state index >= 15 is 0 Å². The van der Waals surface area contributed by atoms with Crippen LogP contribution >= 0.6 is 0 Å². The number of carbonyl (C=O) groups excluding carboxylic acids is 1. The molecule has 0 saturated carbocycles. The summed E-state index contributed by atoms with van der Waals surface area (Å²) in [5, 5.41) is 7.24. The molecule has 3 aromatic heterocycles. The molecule has 1 aromatic carbocycles. The lowest BCUT2D eigenvalue weighted by Crippen LogP contribution is -2.46. The highest BCUT2D eigenvalue weighted by atomic mass is 32.2. The number of alkyl halides is 2. The predicted octanol–water partition coefficient (Wildman–Crippen LogP) is 2.93. The maximum absolute atomic E-state index is 13.5. The molecule has 10 nitrogen and oxygen atoms in total. The first-order chi connectivity index (χ1) is 17.5. The van der Waals surface area contributed by atoms with Crippen LogP contribution in [0.4, 0.5) is 13.2 Å². The molecule has 0 spiro atoms. The van der Waals surface area contributed by atoms with Gasteiger partial charge in [-0.15, -0.1) is 0 Å². The van der Waals surface area contributed by atoms with Crippen LogP contribution in [0.1, 0.15) is 23.7 Å². The van der Waals surface area contributed by atoms with Crippen molar-refractivity contribution < 1.29 is 31.1 Å². The van der Waals surface area contributed by atoms with Crippen LogP contribution in [0.25, 0.3) is 28.2 Å². The molecule has 0 aliphatic carbocycles. The van der Waals surface area contributed by atoms with Gasteiger partial charge < -0.3 is 10.1 Å². The molecule has 14 heteroatoms. The van der Waals surface area contributed by atoms with Gasteiger partial charge in [0.25, 0.3) is 11.9 Å². The van der Waals surface area contributed by atoms with E-state index in [4.69, 9.17) is 0 Å². The third kappa shape index (κ3) is 5.09. The van der Waals surface area contributed by atoms with Gasteiger partial charge in [-0.2, -0.15) is 18.6 Å². The number of hydrogen-bond acceptors (Lipinski definition) is 8. The van der Waals surface area contributed by atoms with E-state index in [1.165, 1.54) is 35.1 Å². The van der Waals surface area contributed by atoms with Crippen LogP contribution in [0.15, 0.2) is 48.9 Å². The van der Waals surface area contributed by atoms with Gasteiger partial charge in [-0.25, -0.2) is 22.8 Å². The van der Waals surface area contributed by atoms with Gasteiger partial charge >= 0.3 is 6.61 Å². The molecule has 1 atom stereocenters. The first-order valence-corrected chi connectivity index (χ1v) is 12.8. The number of pyridine rings is 1. The van der Waals surface area contributed by atoms with Crippen LogP contribution in [-0.2, 0) is 9.84 Å². The maximum atomic E-state index is 13.5. The van der Waals surface area contributed by atoms with E-state index in [9.17, 15) is 26.4 Å². The molecular weight excluding hydrogens is 513 g/mol. The number of hydrogen-bond donors (Lipinski definition) is 1. The summed E-state index contributed by atoms with van der Waals surface area (Å²) in [5.74, 6) is -1.53. The Labute approximate surface area is 208 Å². The van der Waals surface area contributed by atoms with Crippen LogP contribution in [-0.4, -0.2) is 62.7 Å². The first kappa shape index (κ1) is 24.6. The summed E-state index contributed by atoms with van der Waals surface area (Å²) in [5.41, 5.74) is 0.386. The predicted molar refractivity (Wildman–Crippen MR) is 126 cm³/mol. The van der Waals surface area contributed by atoms with E-state index in [1.807, 2.05) is 0 Å². The fraction of sp³-hybridized carbons (Fsp3) is 0.261. The first-order valence-electron chi connectivity index (χ1n) is 11.0. The van der Waals surface area contributed by atoms with Gasteiger partial charge in [0, 0.05) is 11.8 Å². The monoisotopic (exact) mass is 532 g/mol. The zero-order valence-electron chi connectivity index (χ0n) is 19.2. The normalized spacial score (nSPS) is 18.8. The van der Waals surface area contributed by atoms with Crippen LogP contribution in [0.2, 0.25) is 0 Å². The molecule has 1 fully saturated rings. The fourth-order valence-corrected chi connectivity index (χ4v) is 6.25. The smallest absolute Gasteiger partial charge is 0.387 e. The minimum atomic E-state index is -3.25. The van der Waals surface area contributed by atoms with Crippen LogP contribution in [0.3, 0.4) is 0 Å². The van der Waals surface area contributed by atoms with Gasteiger partial charge in [0.2, 0.25) is 0 Å². The highest BCUT2D eigenvalue weighted by molar-refractivity contribution is 7.91. The number of amides is 1. The van der Waals surface area contributed by atoms with E-state index in [0.29, 0.717) is 5.56 Å². The molecule has 192 valence electrons. The van der Waals surface area contributed by atoms with Crippen LogP contribution in [0.5, 0.6) is 5.75 Å². The highest BCUT2D eigenvalue weighted by Crippen LogP contribution is 2.31. The second-order valence-electron chi connectivity index (χ2n) is 8.82. The second-order valence-corrected chi connectivity index (χ2v) is 11.0. The highest BCUT2D eigenvalue weighted by Gasteiger charge is 2.39. The fourth-order valence-electron chi connectivity index (χ4n) is 4.16. The summed E-state index contributed by atoms with van der Waals surface area (Å²) in [4.78, 5) is 25.3. The number of nitrogens with zero attached hydrogens (tertiary/aromatic N) is 5. The van der Waals surface area contributed by atoms with Crippen molar-refractivity contribution in [2.45, 2.75) is 25.5 Å². The van der Waals surface area contributed by atoms with Crippen molar-refractivity contribution in [3.8, 4) is 23.0 Å². The zero-order chi connectivity index (χ0) is 26.4. The molecule has 4 heterocycles. The summed E-state index contributed by atoms with van der Waals surface area (Å²) in [6.07, 6.45) is 3.46. The van der Waals surface area contributed by atoms with Gasteiger partial charge in [-0.1, -0.05) is 12.1 Å². The van der Waals surface area contributed by atoms with Crippen molar-refractivity contribution in [3.63, 3.8) is 0 Å². The Bertz CT molecular complexity index is 1610. The molecular formula is C23H19F3N6O4S. The molecule has 1 saturated heterocycles. The van der Waals surface area contributed by atoms with E-state index in [0.717, 1.165) is 12.4 Å². The van der Waals surface area contributed by atoms with E-state index in [1.54, 1.807) is 13.0 Å². The summed E-state index contributed by atoms with van der Waals surface area (Å²) >= 11 is 0. The van der Waals surface area contributed by atoms with Crippen LogP contribution in [0, 0.1) is 5.82 Å². The largest absolute Gasteiger partial charge is 0.435 e. The molecule has 0 bridgehead atoms. The second kappa shape index (κ2) is 9.10. The standard InChI is InChI=1S/C23H19F3N6O4S/c1-23(5-6-37(34,35)12-23)30-20(33)14-8-17-19(27-9-14)18(13-3-2-4-16(7-13)36-21(25)26)31-32(17)22-28-10-15(24)11-29-22/h2-4,7-11,21H,5-6,12H2,1H3,(H,30,33)/t23-/m0/s1. The van der Waals surface area contributed by atoms with Gasteiger partial charge in [0.1, 0.15) is 17.0 Å². The summed E-state index contributed by atoms with van der Waals surface area (Å²) in [6, 6.07) is 7.29. The lowest BCUT2D eigenvalue weighted by Gasteiger charge is -2.23. The quantitative estimate of drug-likeness (QED) is 0.401. The number of nitrogens with one attached hydrogen (secondary N) is 1. The Kier molecular flexibility index (Phi) is 6.06. The van der Waals surface area contributed by atoms with Crippen molar-refractivity contribution in [1.82, 2.24) is 30.0 Å². The topological polar surface area (TPSA) is 129 Å². The number of halogens is 3. The molecule has 1 aliphatic rings. The molecule has 37 heavy (non-hydrogen) atoms. The summed E-state index contributed by atoms with van der Waals surface area (Å²) in [7, 11) is -3.25. The van der Waals surface area contributed by atoms with Crippen molar-refractivity contribution in [2.75, 3.05) is 11.5 Å².